The largest absolute Gasteiger partial charge is 0.483 e. The maximum atomic E-state index is 5.89. The van der Waals surface area contributed by atoms with Crippen LogP contribution in [0.15, 0.2) is 24.3 Å². The van der Waals surface area contributed by atoms with Gasteiger partial charge in [0.15, 0.2) is 0 Å². The summed E-state index contributed by atoms with van der Waals surface area (Å²) in [6.07, 6.45) is 2.17. The highest BCUT2D eigenvalue weighted by atomic mass is 16.5. The van der Waals surface area contributed by atoms with Crippen molar-refractivity contribution in [2.24, 2.45) is 0 Å². The molecule has 0 fully saturated rings. The maximum Gasteiger partial charge on any atom is 0.128 e. The van der Waals surface area contributed by atoms with Crippen LogP contribution in [0.1, 0.15) is 31.9 Å². The van der Waals surface area contributed by atoms with Crippen molar-refractivity contribution in [3.8, 4) is 5.75 Å². The van der Waals surface area contributed by atoms with Crippen molar-refractivity contribution in [2.75, 3.05) is 0 Å². The first kappa shape index (κ1) is 9.32. The van der Waals surface area contributed by atoms with Gasteiger partial charge in [-0.2, -0.15) is 0 Å². The number of hydrogen-bond donors (Lipinski definition) is 0. The minimum absolute atomic E-state index is 0.176. The minimum Gasteiger partial charge on any atom is -0.483 e. The summed E-state index contributed by atoms with van der Waals surface area (Å²) in [7, 11) is 0. The molecule has 14 heavy (non-hydrogen) atoms. The lowest BCUT2D eigenvalue weighted by Crippen LogP contribution is -2.28. The third kappa shape index (κ3) is 1.54. The van der Waals surface area contributed by atoms with Crippen LogP contribution in [0.4, 0.5) is 0 Å². The zero-order chi connectivity index (χ0) is 10.3. The number of hydrogen-bond acceptors (Lipinski definition) is 1. The van der Waals surface area contributed by atoms with Crippen LogP contribution in [0.5, 0.6) is 5.75 Å². The summed E-state index contributed by atoms with van der Waals surface area (Å²) in [5, 5.41) is 0. The van der Waals surface area contributed by atoms with Gasteiger partial charge in [0, 0.05) is 5.56 Å². The van der Waals surface area contributed by atoms with Crippen molar-refractivity contribution < 1.29 is 4.74 Å². The molecule has 1 nitrogen and oxygen atoms in total. The van der Waals surface area contributed by atoms with Gasteiger partial charge in [-0.05, 0) is 51.0 Å². The van der Waals surface area contributed by atoms with Gasteiger partial charge in [0.05, 0.1) is 0 Å². The van der Waals surface area contributed by atoms with Gasteiger partial charge >= 0.3 is 0 Å². The van der Waals surface area contributed by atoms with E-state index in [4.69, 9.17) is 4.74 Å². The van der Waals surface area contributed by atoms with E-state index in [9.17, 15) is 0 Å². The molecule has 1 aromatic rings. The molecule has 0 amide bonds. The predicted molar refractivity (Wildman–Crippen MR) is 59.5 cm³/mol. The minimum atomic E-state index is -0.176. The lowest BCUT2D eigenvalue weighted by molar-refractivity contribution is 0.158. The average molecular weight is 188 g/mol. The van der Waals surface area contributed by atoms with Crippen molar-refractivity contribution in [3.63, 3.8) is 0 Å². The van der Waals surface area contributed by atoms with Gasteiger partial charge < -0.3 is 4.74 Å². The summed E-state index contributed by atoms with van der Waals surface area (Å²) in [4.78, 5) is 0. The third-order valence-electron chi connectivity index (χ3n) is 2.50. The van der Waals surface area contributed by atoms with Crippen LogP contribution < -0.4 is 4.74 Å². The Balaban J connectivity index is 2.56. The van der Waals surface area contributed by atoms with E-state index in [2.05, 4.69) is 52.0 Å². The Bertz CT molecular complexity index is 400. The molecule has 2 rings (SSSR count). The fraction of sp³-hybridized carbons (Fsp3) is 0.385. The third-order valence-corrected chi connectivity index (χ3v) is 2.50. The molecule has 74 valence electrons. The van der Waals surface area contributed by atoms with Crippen molar-refractivity contribution in [3.05, 3.63) is 35.4 Å². The molecule has 0 bridgehead atoms. The van der Waals surface area contributed by atoms with Crippen LogP contribution in [0, 0.1) is 6.92 Å². The van der Waals surface area contributed by atoms with Crippen LogP contribution in [0.25, 0.3) is 5.57 Å². The Morgan fingerprint density at radius 2 is 1.86 bits per heavy atom. The van der Waals surface area contributed by atoms with Crippen molar-refractivity contribution in [1.29, 1.82) is 0 Å². The van der Waals surface area contributed by atoms with E-state index >= 15 is 0 Å². The lowest BCUT2D eigenvalue weighted by atomic mass is 9.95. The van der Waals surface area contributed by atoms with Gasteiger partial charge in [0.1, 0.15) is 11.4 Å². The molecule has 1 heterocycles. The molecule has 1 heteroatoms. The normalized spacial score (nSPS) is 18.1. The Morgan fingerprint density at radius 1 is 1.14 bits per heavy atom. The monoisotopic (exact) mass is 188 g/mol. The highest BCUT2D eigenvalue weighted by Crippen LogP contribution is 2.35. The Labute approximate surface area is 85.4 Å². The van der Waals surface area contributed by atoms with Gasteiger partial charge in [-0.1, -0.05) is 12.1 Å². The Hall–Kier alpha value is -1.24. The lowest BCUT2D eigenvalue weighted by Gasteiger charge is -2.30. The van der Waals surface area contributed by atoms with Crippen molar-refractivity contribution >= 4 is 5.57 Å². The molecule has 1 aliphatic heterocycles. The second-order valence-electron chi connectivity index (χ2n) is 4.53. The molecule has 1 aliphatic rings. The topological polar surface area (TPSA) is 9.23 Å². The Kier molecular flexibility index (Phi) is 1.91. The first-order valence-corrected chi connectivity index (χ1v) is 4.97. The number of rotatable bonds is 0. The van der Waals surface area contributed by atoms with Crippen LogP contribution in [0.3, 0.4) is 0 Å². The van der Waals surface area contributed by atoms with Crippen LogP contribution in [-0.2, 0) is 0 Å². The fourth-order valence-corrected chi connectivity index (χ4v) is 1.95. The molecule has 0 aliphatic carbocycles. The first-order chi connectivity index (χ1) is 6.48. The summed E-state index contributed by atoms with van der Waals surface area (Å²) in [6, 6.07) is 6.36. The maximum absolute atomic E-state index is 5.89. The van der Waals surface area contributed by atoms with Crippen LogP contribution >= 0.6 is 0 Å². The van der Waals surface area contributed by atoms with Gasteiger partial charge in [-0.15, -0.1) is 0 Å². The van der Waals surface area contributed by atoms with Gasteiger partial charge in [-0.3, -0.25) is 0 Å². The summed E-state index contributed by atoms with van der Waals surface area (Å²) in [5.41, 5.74) is 3.59. The van der Waals surface area contributed by atoms with E-state index in [-0.39, 0.29) is 5.60 Å². The average Bonchev–Trinajstić information content (AvgIpc) is 2.00. The zero-order valence-corrected chi connectivity index (χ0v) is 9.22. The predicted octanol–water partition coefficient (Wildman–Crippen LogP) is 3.57. The van der Waals surface area contributed by atoms with Crippen LogP contribution in [0.2, 0.25) is 0 Å². The van der Waals surface area contributed by atoms with E-state index in [1.165, 1.54) is 16.7 Å². The molecule has 1 aromatic carbocycles. The number of ether oxygens (including phenoxy) is 1. The summed E-state index contributed by atoms with van der Waals surface area (Å²) >= 11 is 0. The second kappa shape index (κ2) is 2.88. The molecule has 0 radical (unpaired) electrons. The fourth-order valence-electron chi connectivity index (χ4n) is 1.95. The molecule has 0 atom stereocenters. The molecular formula is C13H16O. The Morgan fingerprint density at radius 3 is 2.57 bits per heavy atom. The molecule has 0 aromatic heterocycles. The highest BCUT2D eigenvalue weighted by molar-refractivity contribution is 5.72. The molecular weight excluding hydrogens is 172 g/mol. The summed E-state index contributed by atoms with van der Waals surface area (Å²) in [5.74, 6) is 1.01. The standard InChI is InChI=1S/C13H16O/c1-9-5-6-11-10(2)8-13(3,4)14-12(11)7-9/h5-8H,1-4H3. The second-order valence-corrected chi connectivity index (χ2v) is 4.53. The summed E-state index contributed by atoms with van der Waals surface area (Å²) < 4.78 is 5.89. The molecule has 0 unspecified atom stereocenters. The van der Waals surface area contributed by atoms with Crippen LogP contribution in [-0.4, -0.2) is 5.60 Å². The number of allylic oxidation sites excluding steroid dienone is 1. The van der Waals surface area contributed by atoms with Gasteiger partial charge in [-0.25, -0.2) is 0 Å². The zero-order valence-electron chi connectivity index (χ0n) is 9.22. The van der Waals surface area contributed by atoms with Gasteiger partial charge in [0.2, 0.25) is 0 Å². The quantitative estimate of drug-likeness (QED) is 0.604. The smallest absolute Gasteiger partial charge is 0.128 e. The SMILES string of the molecule is CC1=CC(C)(C)Oc2cc(C)ccc21. The molecule has 0 N–H and O–H groups in total. The van der Waals surface area contributed by atoms with E-state index < -0.39 is 0 Å². The molecule has 0 saturated carbocycles. The number of aryl methyl sites for hydroxylation is 1. The highest BCUT2D eigenvalue weighted by Gasteiger charge is 2.24. The first-order valence-electron chi connectivity index (χ1n) is 4.97. The van der Waals surface area contributed by atoms with E-state index in [1.807, 2.05) is 0 Å². The molecule has 0 spiro atoms. The number of benzene rings is 1. The van der Waals surface area contributed by atoms with E-state index in [0.29, 0.717) is 0 Å². The van der Waals surface area contributed by atoms with Gasteiger partial charge in [0.25, 0.3) is 0 Å². The van der Waals surface area contributed by atoms with E-state index in [1.54, 1.807) is 0 Å². The van der Waals surface area contributed by atoms with Crippen molar-refractivity contribution in [2.45, 2.75) is 33.3 Å². The number of fused-ring (bicyclic) bond motifs is 1. The molecule has 0 saturated heterocycles. The van der Waals surface area contributed by atoms with Crippen molar-refractivity contribution in [1.82, 2.24) is 0 Å². The summed E-state index contributed by atoms with van der Waals surface area (Å²) in [6.45, 7) is 8.40. The van der Waals surface area contributed by atoms with E-state index in [0.717, 1.165) is 5.75 Å².